The van der Waals surface area contributed by atoms with Crippen LogP contribution in [0.25, 0.3) is 0 Å². The van der Waals surface area contributed by atoms with Gasteiger partial charge in [-0.25, -0.2) is 4.98 Å². The summed E-state index contributed by atoms with van der Waals surface area (Å²) in [7, 11) is 0. The second kappa shape index (κ2) is 8.63. The number of carbonyl (C=O) groups is 1. The van der Waals surface area contributed by atoms with Crippen LogP contribution in [0.1, 0.15) is 17.0 Å². The van der Waals surface area contributed by atoms with E-state index in [1.54, 1.807) is 12.3 Å². The van der Waals surface area contributed by atoms with Gasteiger partial charge in [0.1, 0.15) is 10.9 Å². The molecule has 138 valence electrons. The molecule has 0 aliphatic carbocycles. The Kier molecular flexibility index (Phi) is 5.58. The highest BCUT2D eigenvalue weighted by Gasteiger charge is 2.30. The molecule has 4 rings (SSSR count). The van der Waals surface area contributed by atoms with Gasteiger partial charge in [0.25, 0.3) is 0 Å². The van der Waals surface area contributed by atoms with E-state index in [2.05, 4.69) is 32.6 Å². The largest absolute Gasteiger partial charge is 0.310 e. The van der Waals surface area contributed by atoms with Gasteiger partial charge in [0, 0.05) is 6.20 Å². The summed E-state index contributed by atoms with van der Waals surface area (Å²) < 4.78 is 0. The highest BCUT2D eigenvalue weighted by atomic mass is 32.2. The van der Waals surface area contributed by atoms with Crippen LogP contribution in [0.4, 0.5) is 5.82 Å². The van der Waals surface area contributed by atoms with Gasteiger partial charge in [-0.3, -0.25) is 4.79 Å². The Morgan fingerprint density at radius 3 is 2.32 bits per heavy atom. The first-order valence-electron chi connectivity index (χ1n) is 8.91. The lowest BCUT2D eigenvalue weighted by atomic mass is 9.91. The summed E-state index contributed by atoms with van der Waals surface area (Å²) in [5.74, 6) is 0.598. The van der Waals surface area contributed by atoms with Crippen LogP contribution in [-0.4, -0.2) is 27.4 Å². The van der Waals surface area contributed by atoms with Crippen molar-refractivity contribution in [3.05, 3.63) is 96.2 Å². The first kappa shape index (κ1) is 18.1. The molecule has 2 heterocycles. The van der Waals surface area contributed by atoms with E-state index in [0.29, 0.717) is 5.82 Å². The zero-order valence-corrected chi connectivity index (χ0v) is 15.8. The molecule has 3 aromatic rings. The topological polar surface area (TPSA) is 66.7 Å². The third kappa shape index (κ3) is 4.18. The normalized spacial score (nSPS) is 15.6. The van der Waals surface area contributed by atoms with Crippen LogP contribution < -0.4 is 5.32 Å². The molecule has 6 heteroatoms. The van der Waals surface area contributed by atoms with Crippen LogP contribution in [0.3, 0.4) is 0 Å². The van der Waals surface area contributed by atoms with Crippen molar-refractivity contribution in [3.8, 4) is 0 Å². The number of anilines is 1. The van der Waals surface area contributed by atoms with E-state index >= 15 is 0 Å². The lowest BCUT2D eigenvalue weighted by molar-refractivity contribution is -0.113. The Morgan fingerprint density at radius 1 is 0.893 bits per heavy atom. The molecule has 0 spiro atoms. The van der Waals surface area contributed by atoms with Crippen molar-refractivity contribution < 1.29 is 4.79 Å². The van der Waals surface area contributed by atoms with Crippen LogP contribution >= 0.6 is 11.8 Å². The molecule has 1 atom stereocenters. The number of pyridine rings is 1. The lowest BCUT2D eigenvalue weighted by Crippen LogP contribution is -2.20. The van der Waals surface area contributed by atoms with Crippen molar-refractivity contribution in [1.29, 1.82) is 0 Å². The molecule has 0 bridgehead atoms. The minimum absolute atomic E-state index is 0.0729. The smallest absolute Gasteiger partial charge is 0.235 e. The standard InChI is InChI=1S/C22H18N4OS/c27-19(24-18-13-7-8-14-23-18)15-28-22-20(16-9-3-1-4-10-16)21(25-26-22)17-11-5-2-6-12-17/h1-14,20H,15H2,(H,23,24,27). The summed E-state index contributed by atoms with van der Waals surface area (Å²) in [6.07, 6.45) is 1.65. The first-order chi connectivity index (χ1) is 13.8. The van der Waals surface area contributed by atoms with Crippen LogP contribution in [0.15, 0.2) is 95.3 Å². The SMILES string of the molecule is O=C(CSC1=NN=C(c2ccccc2)C1c1ccccc1)Nc1ccccn1. The molecule has 0 saturated carbocycles. The maximum atomic E-state index is 12.3. The first-order valence-corrected chi connectivity index (χ1v) is 9.89. The quantitative estimate of drug-likeness (QED) is 0.709. The van der Waals surface area contributed by atoms with Crippen molar-refractivity contribution in [1.82, 2.24) is 4.98 Å². The van der Waals surface area contributed by atoms with E-state index in [-0.39, 0.29) is 17.6 Å². The van der Waals surface area contributed by atoms with Crippen LogP contribution in [0.5, 0.6) is 0 Å². The van der Waals surface area contributed by atoms with Gasteiger partial charge in [-0.1, -0.05) is 78.5 Å². The number of rotatable bonds is 5. The molecule has 0 fully saturated rings. The Morgan fingerprint density at radius 2 is 1.61 bits per heavy atom. The molecule has 0 saturated heterocycles. The van der Waals surface area contributed by atoms with Crippen molar-refractivity contribution in [2.75, 3.05) is 11.1 Å². The molecule has 1 aromatic heterocycles. The Bertz CT molecular complexity index is 1000. The van der Waals surface area contributed by atoms with E-state index in [1.165, 1.54) is 11.8 Å². The number of hydrogen-bond donors (Lipinski definition) is 1. The number of amides is 1. The van der Waals surface area contributed by atoms with Gasteiger partial charge < -0.3 is 5.32 Å². The number of thioether (sulfide) groups is 1. The Balaban J connectivity index is 1.49. The number of nitrogens with one attached hydrogen (secondary N) is 1. The molecule has 2 aromatic carbocycles. The van der Waals surface area contributed by atoms with E-state index in [9.17, 15) is 4.79 Å². The van der Waals surface area contributed by atoms with Crippen molar-refractivity contribution in [2.45, 2.75) is 5.92 Å². The van der Waals surface area contributed by atoms with Crippen molar-refractivity contribution >= 4 is 34.2 Å². The molecule has 1 unspecified atom stereocenters. The summed E-state index contributed by atoms with van der Waals surface area (Å²) in [6, 6.07) is 25.6. The number of nitrogens with zero attached hydrogens (tertiary/aromatic N) is 3. The molecule has 1 aliphatic heterocycles. The lowest BCUT2D eigenvalue weighted by Gasteiger charge is -2.16. The second-order valence-corrected chi connectivity index (χ2v) is 7.18. The second-order valence-electron chi connectivity index (χ2n) is 6.19. The van der Waals surface area contributed by atoms with Crippen LogP contribution in [-0.2, 0) is 4.79 Å². The number of carbonyl (C=O) groups excluding carboxylic acids is 1. The fourth-order valence-electron chi connectivity index (χ4n) is 2.98. The molecule has 5 nitrogen and oxygen atoms in total. The third-order valence-electron chi connectivity index (χ3n) is 4.26. The summed E-state index contributed by atoms with van der Waals surface area (Å²) >= 11 is 1.41. The number of benzene rings is 2. The van der Waals surface area contributed by atoms with Crippen molar-refractivity contribution in [2.24, 2.45) is 10.2 Å². The molecular formula is C22H18N4OS. The van der Waals surface area contributed by atoms with Gasteiger partial charge in [0.2, 0.25) is 5.91 Å². The third-order valence-corrected chi connectivity index (χ3v) is 5.28. The molecule has 0 radical (unpaired) electrons. The predicted molar refractivity (Wildman–Crippen MR) is 115 cm³/mol. The minimum atomic E-state index is -0.119. The maximum Gasteiger partial charge on any atom is 0.235 e. The highest BCUT2D eigenvalue weighted by molar-refractivity contribution is 8.14. The maximum absolute atomic E-state index is 12.3. The number of hydrogen-bond acceptors (Lipinski definition) is 5. The van der Waals surface area contributed by atoms with Gasteiger partial charge in [-0.15, -0.1) is 5.10 Å². The average molecular weight is 386 g/mol. The van der Waals surface area contributed by atoms with Crippen LogP contribution in [0.2, 0.25) is 0 Å². The summed E-state index contributed by atoms with van der Waals surface area (Å²) in [6.45, 7) is 0. The average Bonchev–Trinajstić information content (AvgIpc) is 3.18. The highest BCUT2D eigenvalue weighted by Crippen LogP contribution is 2.32. The van der Waals surface area contributed by atoms with Crippen LogP contribution in [0, 0.1) is 0 Å². The van der Waals surface area contributed by atoms with Gasteiger partial charge in [-0.05, 0) is 23.3 Å². The number of aromatic nitrogens is 1. The van der Waals surface area contributed by atoms with Gasteiger partial charge >= 0.3 is 0 Å². The van der Waals surface area contributed by atoms with E-state index < -0.39 is 0 Å². The summed E-state index contributed by atoms with van der Waals surface area (Å²) in [5, 5.41) is 12.5. The summed E-state index contributed by atoms with van der Waals surface area (Å²) in [4.78, 5) is 16.4. The fourth-order valence-corrected chi connectivity index (χ4v) is 3.85. The zero-order chi connectivity index (χ0) is 19.2. The molecule has 1 aliphatic rings. The predicted octanol–water partition coefficient (Wildman–Crippen LogP) is 4.35. The molecular weight excluding hydrogens is 368 g/mol. The fraction of sp³-hybridized carbons (Fsp3) is 0.0909. The molecule has 28 heavy (non-hydrogen) atoms. The summed E-state index contributed by atoms with van der Waals surface area (Å²) in [5.41, 5.74) is 3.05. The zero-order valence-electron chi connectivity index (χ0n) is 15.0. The van der Waals surface area contributed by atoms with Gasteiger partial charge in [-0.2, -0.15) is 5.10 Å². The van der Waals surface area contributed by atoms with Gasteiger partial charge in [0.15, 0.2) is 0 Å². The van der Waals surface area contributed by atoms with E-state index in [4.69, 9.17) is 0 Å². The van der Waals surface area contributed by atoms with E-state index in [0.717, 1.165) is 21.9 Å². The minimum Gasteiger partial charge on any atom is -0.310 e. The Hall–Kier alpha value is -3.25. The van der Waals surface area contributed by atoms with Crippen molar-refractivity contribution in [3.63, 3.8) is 0 Å². The molecule has 1 amide bonds. The Labute approximate surface area is 167 Å². The van der Waals surface area contributed by atoms with E-state index in [1.807, 2.05) is 60.7 Å². The molecule has 1 N–H and O–H groups in total. The van der Waals surface area contributed by atoms with Gasteiger partial charge in [0.05, 0.1) is 17.4 Å². The monoisotopic (exact) mass is 386 g/mol.